The molecule has 0 atom stereocenters. The van der Waals surface area contributed by atoms with E-state index < -0.39 is 0 Å². The molecule has 0 saturated carbocycles. The van der Waals surface area contributed by atoms with Crippen molar-refractivity contribution in [2.75, 3.05) is 4.90 Å². The number of para-hydroxylation sites is 3. The predicted molar refractivity (Wildman–Crippen MR) is 206 cm³/mol. The van der Waals surface area contributed by atoms with Gasteiger partial charge in [0, 0.05) is 33.2 Å². The number of fused-ring (bicyclic) bond motifs is 7. The molecule has 3 heteroatoms. The molecule has 0 N–H and O–H groups in total. The molecule has 2 aromatic heterocycles. The zero-order valence-corrected chi connectivity index (χ0v) is 26.6. The van der Waals surface area contributed by atoms with Crippen molar-refractivity contribution in [2.24, 2.45) is 0 Å². The van der Waals surface area contributed by atoms with Gasteiger partial charge >= 0.3 is 0 Å². The van der Waals surface area contributed by atoms with E-state index in [-0.39, 0.29) is 0 Å². The van der Waals surface area contributed by atoms with Crippen LogP contribution in [0.3, 0.4) is 0 Å². The highest BCUT2D eigenvalue weighted by molar-refractivity contribution is 6.13. The van der Waals surface area contributed by atoms with Crippen LogP contribution in [0.15, 0.2) is 186 Å². The van der Waals surface area contributed by atoms with Crippen molar-refractivity contribution in [3.05, 3.63) is 182 Å². The maximum Gasteiger partial charge on any atom is 0.137 e. The van der Waals surface area contributed by atoms with Crippen molar-refractivity contribution < 1.29 is 4.42 Å². The average Bonchev–Trinajstić information content (AvgIpc) is 3.72. The summed E-state index contributed by atoms with van der Waals surface area (Å²) in [7, 11) is 0. The van der Waals surface area contributed by atoms with Crippen molar-refractivity contribution >= 4 is 71.6 Å². The Bertz CT molecular complexity index is 2770. The fourth-order valence-electron chi connectivity index (χ4n) is 7.49. The van der Waals surface area contributed by atoms with E-state index in [0.717, 1.165) is 44.7 Å². The molecule has 49 heavy (non-hydrogen) atoms. The minimum absolute atomic E-state index is 0.874. The summed E-state index contributed by atoms with van der Waals surface area (Å²) in [6, 6.07) is 65.0. The Balaban J connectivity index is 1.13. The summed E-state index contributed by atoms with van der Waals surface area (Å²) < 4.78 is 8.71. The summed E-state index contributed by atoms with van der Waals surface area (Å²) in [5.74, 6) is 0. The largest absolute Gasteiger partial charge is 0.456 e. The molecule has 2 heterocycles. The summed E-state index contributed by atoms with van der Waals surface area (Å²) in [4.78, 5) is 2.35. The van der Waals surface area contributed by atoms with E-state index in [1.807, 2.05) is 12.1 Å². The highest BCUT2D eigenvalue weighted by Crippen LogP contribution is 2.43. The number of rotatable bonds is 5. The number of hydrogen-bond acceptors (Lipinski definition) is 2. The lowest BCUT2D eigenvalue weighted by Gasteiger charge is -2.27. The van der Waals surface area contributed by atoms with Gasteiger partial charge in [-0.05, 0) is 94.7 Å². The van der Waals surface area contributed by atoms with Crippen LogP contribution in [-0.2, 0) is 0 Å². The standard InChI is InChI=1S/C46H30N2O/c1-2-11-33-30-34(21-20-31(33)10-1)32-22-24-35(25-23-32)47(43-17-9-19-45-46(43)40-14-5-8-18-44(40)49-45)36-26-28-37(29-27-36)48-41-15-6-3-12-38(41)39-13-4-7-16-42(39)48/h1-30H. The van der Waals surface area contributed by atoms with Gasteiger partial charge in [0.1, 0.15) is 11.2 Å². The van der Waals surface area contributed by atoms with Gasteiger partial charge < -0.3 is 13.9 Å². The SMILES string of the molecule is c1ccc2cc(-c3ccc(N(c4ccc(-n5c6ccccc6c6ccccc65)cc4)c4cccc5oc6ccccc6c45)cc3)ccc2c1. The molecule has 0 unspecified atom stereocenters. The van der Waals surface area contributed by atoms with Crippen molar-refractivity contribution in [1.29, 1.82) is 0 Å². The van der Waals surface area contributed by atoms with Crippen LogP contribution >= 0.6 is 0 Å². The monoisotopic (exact) mass is 626 g/mol. The van der Waals surface area contributed by atoms with Crippen LogP contribution in [0.25, 0.3) is 71.3 Å². The van der Waals surface area contributed by atoms with Crippen molar-refractivity contribution in [1.82, 2.24) is 4.57 Å². The Kier molecular flexibility index (Phi) is 6.18. The normalized spacial score (nSPS) is 11.7. The van der Waals surface area contributed by atoms with E-state index in [1.54, 1.807) is 0 Å². The van der Waals surface area contributed by atoms with Crippen LogP contribution in [0.1, 0.15) is 0 Å². The third-order valence-electron chi connectivity index (χ3n) is 9.78. The van der Waals surface area contributed by atoms with E-state index >= 15 is 0 Å². The maximum atomic E-state index is 6.35. The van der Waals surface area contributed by atoms with Gasteiger partial charge in [0.05, 0.1) is 22.1 Å². The first kappa shape index (κ1) is 27.5. The van der Waals surface area contributed by atoms with E-state index in [2.05, 4.69) is 179 Å². The van der Waals surface area contributed by atoms with E-state index in [0.29, 0.717) is 0 Å². The molecule has 0 bridgehead atoms. The van der Waals surface area contributed by atoms with Gasteiger partial charge in [0.2, 0.25) is 0 Å². The highest BCUT2D eigenvalue weighted by atomic mass is 16.3. The molecule has 230 valence electrons. The van der Waals surface area contributed by atoms with Crippen LogP contribution < -0.4 is 4.90 Å². The Morgan fingerprint density at radius 2 is 0.980 bits per heavy atom. The number of furan rings is 1. The third-order valence-corrected chi connectivity index (χ3v) is 9.78. The van der Waals surface area contributed by atoms with Crippen molar-refractivity contribution in [2.45, 2.75) is 0 Å². The van der Waals surface area contributed by atoms with Crippen LogP contribution in [-0.4, -0.2) is 4.57 Å². The number of hydrogen-bond donors (Lipinski definition) is 0. The van der Waals surface area contributed by atoms with Gasteiger partial charge in [-0.25, -0.2) is 0 Å². The number of benzene rings is 8. The first-order valence-corrected chi connectivity index (χ1v) is 16.7. The fourth-order valence-corrected chi connectivity index (χ4v) is 7.49. The summed E-state index contributed by atoms with van der Waals surface area (Å²) in [6.45, 7) is 0. The lowest BCUT2D eigenvalue weighted by molar-refractivity contribution is 0.669. The van der Waals surface area contributed by atoms with E-state index in [1.165, 1.54) is 43.7 Å². The molecule has 0 spiro atoms. The Labute approximate surface area is 283 Å². The van der Waals surface area contributed by atoms with Gasteiger partial charge in [-0.2, -0.15) is 0 Å². The minimum atomic E-state index is 0.874. The van der Waals surface area contributed by atoms with Crippen LogP contribution in [0, 0.1) is 0 Å². The zero-order valence-electron chi connectivity index (χ0n) is 26.6. The van der Waals surface area contributed by atoms with Crippen molar-refractivity contribution in [3.8, 4) is 16.8 Å². The van der Waals surface area contributed by atoms with Crippen LogP contribution in [0.2, 0.25) is 0 Å². The molecule has 0 saturated heterocycles. The second-order valence-corrected chi connectivity index (χ2v) is 12.6. The summed E-state index contributed by atoms with van der Waals surface area (Å²) >= 11 is 0. The predicted octanol–water partition coefficient (Wildman–Crippen LogP) is 13.0. The van der Waals surface area contributed by atoms with Gasteiger partial charge in [-0.15, -0.1) is 0 Å². The zero-order chi connectivity index (χ0) is 32.3. The van der Waals surface area contributed by atoms with Gasteiger partial charge in [-0.3, -0.25) is 0 Å². The summed E-state index contributed by atoms with van der Waals surface area (Å²) in [5.41, 5.74) is 10.9. The van der Waals surface area contributed by atoms with Crippen LogP contribution in [0.5, 0.6) is 0 Å². The molecule has 0 amide bonds. The molecule has 0 radical (unpaired) electrons. The maximum absolute atomic E-state index is 6.35. The highest BCUT2D eigenvalue weighted by Gasteiger charge is 2.20. The molecule has 0 aliphatic heterocycles. The third kappa shape index (κ3) is 4.44. The lowest BCUT2D eigenvalue weighted by atomic mass is 10.0. The van der Waals surface area contributed by atoms with E-state index in [4.69, 9.17) is 4.42 Å². The molecule has 0 aliphatic rings. The molecule has 3 nitrogen and oxygen atoms in total. The smallest absolute Gasteiger partial charge is 0.137 e. The van der Waals surface area contributed by atoms with Gasteiger partial charge in [-0.1, -0.05) is 109 Å². The Morgan fingerprint density at radius 1 is 0.408 bits per heavy atom. The van der Waals surface area contributed by atoms with Crippen LogP contribution in [0.4, 0.5) is 17.1 Å². The fraction of sp³-hybridized carbons (Fsp3) is 0. The quantitative estimate of drug-likeness (QED) is 0.190. The lowest BCUT2D eigenvalue weighted by Crippen LogP contribution is -2.10. The molecule has 10 aromatic rings. The average molecular weight is 627 g/mol. The number of anilines is 3. The van der Waals surface area contributed by atoms with Gasteiger partial charge in [0.25, 0.3) is 0 Å². The molecule has 0 aliphatic carbocycles. The molecule has 0 fully saturated rings. The Morgan fingerprint density at radius 3 is 1.71 bits per heavy atom. The van der Waals surface area contributed by atoms with E-state index in [9.17, 15) is 0 Å². The first-order chi connectivity index (χ1) is 24.3. The number of aromatic nitrogens is 1. The summed E-state index contributed by atoms with van der Waals surface area (Å²) in [5, 5.41) is 7.21. The Hall–Kier alpha value is -6.58. The second kappa shape index (κ2) is 11.0. The van der Waals surface area contributed by atoms with Crippen molar-refractivity contribution in [3.63, 3.8) is 0 Å². The first-order valence-electron chi connectivity index (χ1n) is 16.7. The molecular formula is C46H30N2O. The second-order valence-electron chi connectivity index (χ2n) is 12.6. The number of nitrogens with zero attached hydrogens (tertiary/aromatic N) is 2. The summed E-state index contributed by atoms with van der Waals surface area (Å²) in [6.07, 6.45) is 0. The molecule has 10 rings (SSSR count). The molecule has 8 aromatic carbocycles. The van der Waals surface area contributed by atoms with Gasteiger partial charge in [0.15, 0.2) is 0 Å². The minimum Gasteiger partial charge on any atom is -0.456 e. The topological polar surface area (TPSA) is 21.3 Å². The molecular weight excluding hydrogens is 597 g/mol.